The third-order valence-electron chi connectivity index (χ3n) is 2.89. The van der Waals surface area contributed by atoms with Gasteiger partial charge in [0.05, 0.1) is 0 Å². The molecule has 2 aromatic heterocycles. The zero-order chi connectivity index (χ0) is 16.2. The van der Waals surface area contributed by atoms with E-state index in [1.54, 1.807) is 42.7 Å². The maximum absolute atomic E-state index is 12.1. The number of halogens is 1. The van der Waals surface area contributed by atoms with Gasteiger partial charge in [-0.2, -0.15) is 5.10 Å². The number of carbonyl (C=O) groups excluding carboxylic acids is 1. The Labute approximate surface area is 141 Å². The van der Waals surface area contributed by atoms with Gasteiger partial charge in [0.25, 0.3) is 5.91 Å². The lowest BCUT2D eigenvalue weighted by Gasteiger charge is -2.05. The summed E-state index contributed by atoms with van der Waals surface area (Å²) >= 11 is 7.23. The highest BCUT2D eigenvalue weighted by Crippen LogP contribution is 2.17. The van der Waals surface area contributed by atoms with Gasteiger partial charge in [0.2, 0.25) is 0 Å². The minimum atomic E-state index is -0.301. The Bertz CT molecular complexity index is 813. The van der Waals surface area contributed by atoms with Crippen LogP contribution in [0.1, 0.15) is 15.4 Å². The average molecular weight is 349 g/mol. The molecule has 3 rings (SSSR count). The van der Waals surface area contributed by atoms with Crippen LogP contribution in [0, 0.1) is 6.92 Å². The highest BCUT2D eigenvalue weighted by atomic mass is 35.5. The van der Waals surface area contributed by atoms with Gasteiger partial charge in [0.15, 0.2) is 17.6 Å². The molecule has 1 amide bonds. The van der Waals surface area contributed by atoms with Gasteiger partial charge in [-0.05, 0) is 37.3 Å². The van der Waals surface area contributed by atoms with E-state index in [1.807, 2.05) is 6.92 Å². The normalized spacial score (nSPS) is 10.5. The highest BCUT2D eigenvalue weighted by molar-refractivity contribution is 7.15. The molecule has 0 unspecified atom stereocenters. The van der Waals surface area contributed by atoms with E-state index in [0.29, 0.717) is 21.6 Å². The molecule has 2 heterocycles. The number of benzene rings is 1. The molecule has 8 heteroatoms. The van der Waals surface area contributed by atoms with Crippen LogP contribution in [-0.4, -0.2) is 20.7 Å². The number of aryl methyl sites for hydroxylation is 1. The van der Waals surface area contributed by atoms with Crippen molar-refractivity contribution in [3.63, 3.8) is 0 Å². The van der Waals surface area contributed by atoms with E-state index in [1.165, 1.54) is 16.0 Å². The predicted molar refractivity (Wildman–Crippen MR) is 89.1 cm³/mol. The molecule has 0 saturated carbocycles. The molecule has 6 nitrogen and oxygen atoms in total. The smallest absolute Gasteiger partial charge is 0.277 e. The fraction of sp³-hybridized carbons (Fsp3) is 0.133. The van der Waals surface area contributed by atoms with E-state index in [0.717, 1.165) is 4.88 Å². The van der Waals surface area contributed by atoms with Crippen LogP contribution in [0.5, 0.6) is 5.75 Å². The summed E-state index contributed by atoms with van der Waals surface area (Å²) < 4.78 is 7.10. The van der Waals surface area contributed by atoms with Gasteiger partial charge in [-0.15, -0.1) is 11.3 Å². The molecular weight excluding hydrogens is 336 g/mol. The fourth-order valence-corrected chi connectivity index (χ4v) is 2.59. The summed E-state index contributed by atoms with van der Waals surface area (Å²) in [5.74, 6) is 0.374. The fourth-order valence-electron chi connectivity index (χ4n) is 1.80. The van der Waals surface area contributed by atoms with E-state index >= 15 is 0 Å². The number of nitrogens with zero attached hydrogens (tertiary/aromatic N) is 3. The van der Waals surface area contributed by atoms with Crippen LogP contribution < -0.4 is 10.1 Å². The number of thiazole rings is 1. The quantitative estimate of drug-likeness (QED) is 0.765. The van der Waals surface area contributed by atoms with E-state index in [2.05, 4.69) is 15.4 Å². The molecule has 1 N–H and O–H groups in total. The van der Waals surface area contributed by atoms with E-state index in [4.69, 9.17) is 16.3 Å². The Balaban J connectivity index is 1.59. The second-order valence-corrected chi connectivity index (χ2v) is 6.37. The minimum Gasteiger partial charge on any atom is -0.471 e. The Kier molecular flexibility index (Phi) is 4.59. The van der Waals surface area contributed by atoms with Crippen molar-refractivity contribution in [2.45, 2.75) is 13.7 Å². The van der Waals surface area contributed by atoms with Crippen LogP contribution in [0.2, 0.25) is 5.02 Å². The van der Waals surface area contributed by atoms with Crippen molar-refractivity contribution in [2.24, 2.45) is 0 Å². The number of nitrogens with one attached hydrogen (secondary N) is 1. The molecule has 0 bridgehead atoms. The second kappa shape index (κ2) is 6.80. The number of hydrogen-bond donors (Lipinski definition) is 1. The highest BCUT2D eigenvalue weighted by Gasteiger charge is 2.11. The minimum absolute atomic E-state index is 0.200. The molecule has 0 radical (unpaired) electrons. The number of ether oxygens (including phenoxy) is 1. The molecule has 0 atom stereocenters. The van der Waals surface area contributed by atoms with Gasteiger partial charge in [-0.3, -0.25) is 10.1 Å². The molecule has 0 spiro atoms. The van der Waals surface area contributed by atoms with E-state index in [-0.39, 0.29) is 12.6 Å². The standard InChI is InChI=1S/C15H13ClN4O2S/c1-10-8-17-15(23-10)18-14(21)13-6-7-20(19-13)9-22-12-4-2-11(16)3-5-12/h2-8H,9H2,1H3,(H,17,18,21). The van der Waals surface area contributed by atoms with Gasteiger partial charge < -0.3 is 4.74 Å². The van der Waals surface area contributed by atoms with Crippen molar-refractivity contribution in [1.29, 1.82) is 0 Å². The largest absolute Gasteiger partial charge is 0.471 e. The number of amides is 1. The number of carbonyl (C=O) groups is 1. The summed E-state index contributed by atoms with van der Waals surface area (Å²) in [6.07, 6.45) is 3.39. The third-order valence-corrected chi connectivity index (χ3v) is 3.97. The monoisotopic (exact) mass is 348 g/mol. The Morgan fingerprint density at radius 1 is 1.35 bits per heavy atom. The van der Waals surface area contributed by atoms with Crippen LogP contribution in [0.15, 0.2) is 42.7 Å². The molecule has 23 heavy (non-hydrogen) atoms. The number of hydrogen-bond acceptors (Lipinski definition) is 5. The summed E-state index contributed by atoms with van der Waals surface area (Å²) in [4.78, 5) is 17.2. The van der Waals surface area contributed by atoms with Gasteiger partial charge in [0.1, 0.15) is 5.75 Å². The topological polar surface area (TPSA) is 69.0 Å². The SMILES string of the molecule is Cc1cnc(NC(=O)c2ccn(COc3ccc(Cl)cc3)n2)s1. The maximum atomic E-state index is 12.1. The van der Waals surface area contributed by atoms with Crippen molar-refractivity contribution >= 4 is 34.0 Å². The predicted octanol–water partition coefficient (Wildman–Crippen LogP) is 3.59. The number of anilines is 1. The lowest BCUT2D eigenvalue weighted by molar-refractivity contribution is 0.102. The Morgan fingerprint density at radius 2 is 2.13 bits per heavy atom. The zero-order valence-corrected chi connectivity index (χ0v) is 13.8. The second-order valence-electron chi connectivity index (χ2n) is 4.70. The lowest BCUT2D eigenvalue weighted by atomic mass is 10.3. The first-order chi connectivity index (χ1) is 11.1. The van der Waals surface area contributed by atoms with Crippen LogP contribution in [0.3, 0.4) is 0 Å². The summed E-state index contributed by atoms with van der Waals surface area (Å²) in [6.45, 7) is 2.13. The molecule has 0 saturated heterocycles. The molecule has 3 aromatic rings. The van der Waals surface area contributed by atoms with Crippen molar-refractivity contribution in [1.82, 2.24) is 14.8 Å². The molecule has 0 aliphatic carbocycles. The summed E-state index contributed by atoms with van der Waals surface area (Å²) in [7, 11) is 0. The first-order valence-electron chi connectivity index (χ1n) is 6.76. The van der Waals surface area contributed by atoms with Gasteiger partial charge in [0, 0.05) is 22.3 Å². The van der Waals surface area contributed by atoms with Crippen molar-refractivity contribution in [2.75, 3.05) is 5.32 Å². The molecule has 0 fully saturated rings. The Morgan fingerprint density at radius 3 is 2.83 bits per heavy atom. The van der Waals surface area contributed by atoms with Gasteiger partial charge in [-0.25, -0.2) is 9.67 Å². The first-order valence-corrected chi connectivity index (χ1v) is 7.95. The summed E-state index contributed by atoms with van der Waals surface area (Å²) in [5, 5.41) is 8.09. The summed E-state index contributed by atoms with van der Waals surface area (Å²) in [5.41, 5.74) is 0.303. The van der Waals surface area contributed by atoms with Crippen molar-refractivity contribution < 1.29 is 9.53 Å². The van der Waals surface area contributed by atoms with E-state index < -0.39 is 0 Å². The molecular formula is C15H13ClN4O2S. The van der Waals surface area contributed by atoms with Gasteiger partial charge >= 0.3 is 0 Å². The Hall–Kier alpha value is -2.38. The van der Waals surface area contributed by atoms with Crippen molar-refractivity contribution in [3.8, 4) is 5.75 Å². The number of rotatable bonds is 5. The van der Waals surface area contributed by atoms with Crippen LogP contribution in [0.25, 0.3) is 0 Å². The first kappa shape index (κ1) is 15.5. The third kappa shape index (κ3) is 4.08. The number of aromatic nitrogens is 3. The lowest BCUT2D eigenvalue weighted by Crippen LogP contribution is -2.14. The van der Waals surface area contributed by atoms with Crippen molar-refractivity contribution in [3.05, 3.63) is 58.3 Å². The van der Waals surface area contributed by atoms with Gasteiger partial charge in [-0.1, -0.05) is 11.6 Å². The van der Waals surface area contributed by atoms with E-state index in [9.17, 15) is 4.79 Å². The van der Waals surface area contributed by atoms with Crippen LogP contribution >= 0.6 is 22.9 Å². The summed E-state index contributed by atoms with van der Waals surface area (Å²) in [6, 6.07) is 8.65. The van der Waals surface area contributed by atoms with Crippen LogP contribution in [0.4, 0.5) is 5.13 Å². The molecule has 1 aromatic carbocycles. The molecule has 0 aliphatic rings. The zero-order valence-electron chi connectivity index (χ0n) is 12.2. The molecule has 118 valence electrons. The molecule has 0 aliphatic heterocycles. The van der Waals surface area contributed by atoms with Crippen LogP contribution in [-0.2, 0) is 6.73 Å². The average Bonchev–Trinajstić information content (AvgIpc) is 3.16. The maximum Gasteiger partial charge on any atom is 0.277 e.